The minimum Gasteiger partial charge on any atom is -0.395 e. The van der Waals surface area contributed by atoms with Gasteiger partial charge < -0.3 is 20.1 Å². The third-order valence-electron chi connectivity index (χ3n) is 3.55. The minimum atomic E-state index is -0.329. The van der Waals surface area contributed by atoms with Gasteiger partial charge in [0.1, 0.15) is 5.82 Å². The molecule has 6 heteroatoms. The van der Waals surface area contributed by atoms with Gasteiger partial charge in [-0.3, -0.25) is 0 Å². The van der Waals surface area contributed by atoms with Crippen LogP contribution in [0.3, 0.4) is 0 Å². The van der Waals surface area contributed by atoms with Crippen molar-refractivity contribution in [2.45, 2.75) is 25.0 Å². The number of rotatable bonds is 7. The Bertz CT molecular complexity index is 462. The van der Waals surface area contributed by atoms with Gasteiger partial charge in [0, 0.05) is 26.2 Å². The summed E-state index contributed by atoms with van der Waals surface area (Å²) in [6.07, 6.45) is 1.64. The van der Waals surface area contributed by atoms with Crippen molar-refractivity contribution in [1.82, 2.24) is 10.2 Å². The number of ether oxygens (including phenoxy) is 1. The van der Waals surface area contributed by atoms with Crippen LogP contribution in [0.4, 0.5) is 9.18 Å². The summed E-state index contributed by atoms with van der Waals surface area (Å²) in [5.41, 5.74) is 0.805. The maximum Gasteiger partial charge on any atom is 0.317 e. The summed E-state index contributed by atoms with van der Waals surface area (Å²) in [7, 11) is 1.55. The molecule has 1 aromatic rings. The van der Waals surface area contributed by atoms with Crippen molar-refractivity contribution in [2.75, 3.05) is 26.8 Å². The topological polar surface area (TPSA) is 61.8 Å². The summed E-state index contributed by atoms with van der Waals surface area (Å²) in [5, 5.41) is 11.8. The van der Waals surface area contributed by atoms with Crippen molar-refractivity contribution in [3.05, 3.63) is 35.6 Å². The molecule has 21 heavy (non-hydrogen) atoms. The van der Waals surface area contributed by atoms with E-state index in [1.54, 1.807) is 24.1 Å². The fourth-order valence-corrected chi connectivity index (χ4v) is 2.24. The van der Waals surface area contributed by atoms with Crippen LogP contribution in [0, 0.1) is 5.82 Å². The number of aliphatic hydroxyl groups excluding tert-OH is 1. The molecule has 0 bridgehead atoms. The zero-order valence-electron chi connectivity index (χ0n) is 12.1. The number of nitrogens with zero attached hydrogens (tertiary/aromatic N) is 1. The Kier molecular flexibility index (Phi) is 5.52. The number of aliphatic hydroxyl groups is 1. The lowest BCUT2D eigenvalue weighted by Gasteiger charge is -2.23. The van der Waals surface area contributed by atoms with Gasteiger partial charge in [-0.2, -0.15) is 0 Å². The molecule has 1 unspecified atom stereocenters. The number of benzene rings is 1. The maximum atomic E-state index is 12.9. The van der Waals surface area contributed by atoms with Crippen molar-refractivity contribution in [1.29, 1.82) is 0 Å². The first kappa shape index (κ1) is 15.7. The fourth-order valence-electron chi connectivity index (χ4n) is 2.24. The van der Waals surface area contributed by atoms with Gasteiger partial charge in [-0.15, -0.1) is 0 Å². The Morgan fingerprint density at radius 3 is 2.67 bits per heavy atom. The van der Waals surface area contributed by atoms with E-state index >= 15 is 0 Å². The Hall–Kier alpha value is -1.66. The fraction of sp³-hybridized carbons (Fsp3) is 0.533. The minimum absolute atomic E-state index is 0.0460. The quantitative estimate of drug-likeness (QED) is 0.805. The van der Waals surface area contributed by atoms with Gasteiger partial charge in [0.05, 0.1) is 12.7 Å². The van der Waals surface area contributed by atoms with E-state index in [2.05, 4.69) is 5.32 Å². The van der Waals surface area contributed by atoms with Crippen molar-refractivity contribution in [3.63, 3.8) is 0 Å². The molecule has 2 amide bonds. The third kappa shape index (κ3) is 4.41. The number of carbonyl (C=O) groups excluding carboxylic acids is 1. The van der Waals surface area contributed by atoms with Crippen LogP contribution in [-0.2, 0) is 4.74 Å². The molecule has 2 rings (SSSR count). The second kappa shape index (κ2) is 7.38. The Morgan fingerprint density at radius 1 is 1.48 bits per heavy atom. The predicted molar refractivity (Wildman–Crippen MR) is 76.4 cm³/mol. The van der Waals surface area contributed by atoms with Crippen LogP contribution in [0.15, 0.2) is 24.3 Å². The highest BCUT2D eigenvalue weighted by atomic mass is 19.1. The second-order valence-electron chi connectivity index (χ2n) is 5.11. The molecule has 1 saturated carbocycles. The number of methoxy groups -OCH3 is 1. The van der Waals surface area contributed by atoms with E-state index in [9.17, 15) is 9.18 Å². The summed E-state index contributed by atoms with van der Waals surface area (Å²) in [5.74, 6) is -0.305. The van der Waals surface area contributed by atoms with E-state index in [1.165, 1.54) is 12.1 Å². The van der Waals surface area contributed by atoms with E-state index in [1.807, 2.05) is 0 Å². The van der Waals surface area contributed by atoms with E-state index in [0.29, 0.717) is 13.1 Å². The molecule has 0 aromatic heterocycles. The van der Waals surface area contributed by atoms with Crippen LogP contribution in [0.2, 0.25) is 0 Å². The average Bonchev–Trinajstić information content (AvgIpc) is 3.31. The maximum absolute atomic E-state index is 12.9. The largest absolute Gasteiger partial charge is 0.395 e. The first-order valence-corrected chi connectivity index (χ1v) is 7.09. The number of hydrogen-bond donors (Lipinski definition) is 2. The molecule has 1 aliphatic rings. The molecule has 1 fully saturated rings. The molecule has 0 heterocycles. The van der Waals surface area contributed by atoms with E-state index in [4.69, 9.17) is 9.84 Å². The van der Waals surface area contributed by atoms with Crippen molar-refractivity contribution in [3.8, 4) is 0 Å². The predicted octanol–water partition coefficient (Wildman–Crippen LogP) is 1.68. The van der Waals surface area contributed by atoms with E-state index < -0.39 is 0 Å². The van der Waals surface area contributed by atoms with Crippen molar-refractivity contribution < 1.29 is 19.0 Å². The molecule has 0 aliphatic heterocycles. The Morgan fingerprint density at radius 2 is 2.14 bits per heavy atom. The van der Waals surface area contributed by atoms with Crippen LogP contribution in [0.5, 0.6) is 0 Å². The van der Waals surface area contributed by atoms with Crippen molar-refractivity contribution >= 4 is 6.03 Å². The Balaban J connectivity index is 1.89. The normalized spacial score (nSPS) is 15.6. The van der Waals surface area contributed by atoms with Gasteiger partial charge in [0.25, 0.3) is 0 Å². The summed E-state index contributed by atoms with van der Waals surface area (Å²) in [4.78, 5) is 13.8. The van der Waals surface area contributed by atoms with Crippen LogP contribution < -0.4 is 5.32 Å². The van der Waals surface area contributed by atoms with E-state index in [0.717, 1.165) is 18.4 Å². The van der Waals surface area contributed by atoms with Crippen LogP contribution >= 0.6 is 0 Å². The SMILES string of the molecule is COC(CNC(=O)N(CCO)C1CC1)c1ccc(F)cc1. The molecule has 1 aliphatic carbocycles. The highest BCUT2D eigenvalue weighted by Crippen LogP contribution is 2.26. The van der Waals surface area contributed by atoms with Gasteiger partial charge in [0.15, 0.2) is 0 Å². The standard InChI is InChI=1S/C15H21FN2O3/c1-21-14(11-2-4-12(16)5-3-11)10-17-15(20)18(8-9-19)13-6-7-13/h2-5,13-14,19H,6-10H2,1H3,(H,17,20). The molecule has 5 nitrogen and oxygen atoms in total. The highest BCUT2D eigenvalue weighted by molar-refractivity contribution is 5.75. The summed E-state index contributed by atoms with van der Waals surface area (Å²) in [6.45, 7) is 0.593. The second-order valence-corrected chi connectivity index (χ2v) is 5.11. The van der Waals surface area contributed by atoms with Gasteiger partial charge in [-0.05, 0) is 30.5 Å². The average molecular weight is 296 g/mol. The molecule has 0 saturated heterocycles. The molecule has 0 radical (unpaired) electrons. The van der Waals surface area contributed by atoms with Gasteiger partial charge >= 0.3 is 6.03 Å². The van der Waals surface area contributed by atoms with Crippen LogP contribution in [0.1, 0.15) is 24.5 Å². The monoisotopic (exact) mass is 296 g/mol. The first-order chi connectivity index (χ1) is 10.2. The molecule has 2 N–H and O–H groups in total. The molecule has 116 valence electrons. The third-order valence-corrected chi connectivity index (χ3v) is 3.55. The lowest BCUT2D eigenvalue weighted by atomic mass is 10.1. The summed E-state index contributed by atoms with van der Waals surface area (Å²) in [6, 6.07) is 6.06. The van der Waals surface area contributed by atoms with Crippen molar-refractivity contribution in [2.24, 2.45) is 0 Å². The number of urea groups is 1. The van der Waals surface area contributed by atoms with E-state index in [-0.39, 0.29) is 30.6 Å². The Labute approximate surface area is 123 Å². The number of amides is 2. The molecular weight excluding hydrogens is 275 g/mol. The number of nitrogens with one attached hydrogen (secondary N) is 1. The molecule has 0 spiro atoms. The van der Waals surface area contributed by atoms with Gasteiger partial charge in [0.2, 0.25) is 0 Å². The number of halogens is 1. The molecule has 1 atom stereocenters. The number of hydrogen-bond acceptors (Lipinski definition) is 3. The van der Waals surface area contributed by atoms with Crippen LogP contribution in [-0.4, -0.2) is 48.9 Å². The smallest absolute Gasteiger partial charge is 0.317 e. The number of carbonyl (C=O) groups is 1. The first-order valence-electron chi connectivity index (χ1n) is 7.09. The molecular formula is C15H21FN2O3. The lowest BCUT2D eigenvalue weighted by Crippen LogP contribution is -2.44. The summed E-state index contributed by atoms with van der Waals surface area (Å²) < 4.78 is 18.3. The van der Waals surface area contributed by atoms with Crippen LogP contribution in [0.25, 0.3) is 0 Å². The van der Waals surface area contributed by atoms with Gasteiger partial charge in [-0.25, -0.2) is 9.18 Å². The molecule has 1 aromatic carbocycles. The van der Waals surface area contributed by atoms with Gasteiger partial charge in [-0.1, -0.05) is 12.1 Å². The summed E-state index contributed by atoms with van der Waals surface area (Å²) >= 11 is 0. The zero-order chi connectivity index (χ0) is 15.2. The highest BCUT2D eigenvalue weighted by Gasteiger charge is 2.32. The lowest BCUT2D eigenvalue weighted by molar-refractivity contribution is 0.100. The zero-order valence-corrected chi connectivity index (χ0v) is 12.1.